The van der Waals surface area contributed by atoms with Gasteiger partial charge in [-0.2, -0.15) is 0 Å². The zero-order chi connectivity index (χ0) is 14.2. The van der Waals surface area contributed by atoms with Crippen molar-refractivity contribution in [3.63, 3.8) is 0 Å². The summed E-state index contributed by atoms with van der Waals surface area (Å²) < 4.78 is 5.39. The highest BCUT2D eigenvalue weighted by Crippen LogP contribution is 2.33. The fraction of sp³-hybridized carbons (Fsp3) is 0.294. The van der Waals surface area contributed by atoms with Crippen LogP contribution < -0.4 is 4.74 Å². The second kappa shape index (κ2) is 4.96. The van der Waals surface area contributed by atoms with E-state index in [4.69, 9.17) is 4.74 Å². The minimum Gasteiger partial charge on any atom is -0.507 e. The first-order chi connectivity index (χ1) is 8.93. The molecule has 0 unspecified atom stereocenters. The van der Waals surface area contributed by atoms with E-state index in [2.05, 4.69) is 26.0 Å². The lowest BCUT2D eigenvalue weighted by Crippen LogP contribution is -1.93. The standard InChI is InChI=1S/C17H20O2/c1-10-6-14(7-11(2)16(10)18)15-8-12(3)17(19-5)13(4)9-15/h6-9,18H,1-5H3. The third kappa shape index (κ3) is 2.43. The molecular formula is C17H20O2. The van der Waals surface area contributed by atoms with Crippen molar-refractivity contribution in [3.8, 4) is 22.6 Å². The summed E-state index contributed by atoms with van der Waals surface area (Å²) in [5, 5.41) is 9.85. The highest BCUT2D eigenvalue weighted by atomic mass is 16.5. The van der Waals surface area contributed by atoms with Crippen LogP contribution >= 0.6 is 0 Å². The van der Waals surface area contributed by atoms with Gasteiger partial charge in [0.1, 0.15) is 11.5 Å². The number of phenols is 1. The molecule has 19 heavy (non-hydrogen) atoms. The van der Waals surface area contributed by atoms with Gasteiger partial charge in [0.15, 0.2) is 0 Å². The SMILES string of the molecule is COc1c(C)cc(-c2cc(C)c(O)c(C)c2)cc1C. The predicted molar refractivity (Wildman–Crippen MR) is 79.0 cm³/mol. The van der Waals surface area contributed by atoms with Gasteiger partial charge >= 0.3 is 0 Å². The van der Waals surface area contributed by atoms with Crippen molar-refractivity contribution in [2.24, 2.45) is 0 Å². The molecule has 0 saturated carbocycles. The van der Waals surface area contributed by atoms with Crippen LogP contribution in [-0.4, -0.2) is 12.2 Å². The Kier molecular flexibility index (Phi) is 3.52. The first kappa shape index (κ1) is 13.5. The molecule has 0 aliphatic carbocycles. The zero-order valence-corrected chi connectivity index (χ0v) is 12.2. The minimum absolute atomic E-state index is 0.380. The van der Waals surface area contributed by atoms with Crippen molar-refractivity contribution in [1.82, 2.24) is 0 Å². The lowest BCUT2D eigenvalue weighted by atomic mass is 9.96. The van der Waals surface area contributed by atoms with Crippen LogP contribution in [0.1, 0.15) is 22.3 Å². The van der Waals surface area contributed by atoms with E-state index in [9.17, 15) is 5.11 Å². The second-order valence-corrected chi connectivity index (χ2v) is 5.10. The summed E-state index contributed by atoms with van der Waals surface area (Å²) >= 11 is 0. The van der Waals surface area contributed by atoms with Crippen LogP contribution in [0.5, 0.6) is 11.5 Å². The third-order valence-electron chi connectivity index (χ3n) is 3.49. The van der Waals surface area contributed by atoms with Crippen LogP contribution in [0.4, 0.5) is 0 Å². The van der Waals surface area contributed by atoms with Crippen LogP contribution in [0.25, 0.3) is 11.1 Å². The Morgan fingerprint density at radius 3 is 1.47 bits per heavy atom. The maximum Gasteiger partial charge on any atom is 0.124 e. The Labute approximate surface area is 114 Å². The predicted octanol–water partition coefficient (Wildman–Crippen LogP) is 4.30. The molecule has 2 heteroatoms. The van der Waals surface area contributed by atoms with Crippen molar-refractivity contribution in [2.75, 3.05) is 7.11 Å². The molecule has 0 fully saturated rings. The summed E-state index contributed by atoms with van der Waals surface area (Å²) in [6.45, 7) is 7.95. The number of methoxy groups -OCH3 is 1. The molecule has 0 saturated heterocycles. The van der Waals surface area contributed by atoms with Gasteiger partial charge in [-0.05, 0) is 85.3 Å². The van der Waals surface area contributed by atoms with Crippen LogP contribution in [0, 0.1) is 27.7 Å². The maximum atomic E-state index is 9.85. The number of aromatic hydroxyl groups is 1. The molecule has 0 amide bonds. The normalized spacial score (nSPS) is 10.6. The molecule has 0 radical (unpaired) electrons. The van der Waals surface area contributed by atoms with E-state index in [1.54, 1.807) is 7.11 Å². The summed E-state index contributed by atoms with van der Waals surface area (Å²) in [5.41, 5.74) is 6.34. The van der Waals surface area contributed by atoms with E-state index in [-0.39, 0.29) is 0 Å². The van der Waals surface area contributed by atoms with Gasteiger partial charge in [0.25, 0.3) is 0 Å². The molecule has 2 aromatic carbocycles. The number of hydrogen-bond acceptors (Lipinski definition) is 2. The van der Waals surface area contributed by atoms with E-state index >= 15 is 0 Å². The van der Waals surface area contributed by atoms with Gasteiger partial charge in [0.2, 0.25) is 0 Å². The summed E-state index contributed by atoms with van der Waals surface area (Å²) in [6, 6.07) is 8.28. The molecule has 0 aliphatic rings. The van der Waals surface area contributed by atoms with Gasteiger partial charge in [-0.25, -0.2) is 0 Å². The third-order valence-corrected chi connectivity index (χ3v) is 3.49. The van der Waals surface area contributed by atoms with Gasteiger partial charge in [0.05, 0.1) is 7.11 Å². The molecular weight excluding hydrogens is 236 g/mol. The number of aryl methyl sites for hydroxylation is 4. The molecule has 2 rings (SSSR count). The molecule has 0 heterocycles. The lowest BCUT2D eigenvalue weighted by molar-refractivity contribution is 0.408. The lowest BCUT2D eigenvalue weighted by Gasteiger charge is -2.13. The Balaban J connectivity index is 2.60. The average molecular weight is 256 g/mol. The molecule has 0 bridgehead atoms. The largest absolute Gasteiger partial charge is 0.507 e. The van der Waals surface area contributed by atoms with E-state index < -0.39 is 0 Å². The number of hydrogen-bond donors (Lipinski definition) is 1. The second-order valence-electron chi connectivity index (χ2n) is 5.10. The molecule has 1 N–H and O–H groups in total. The van der Waals surface area contributed by atoms with E-state index in [0.29, 0.717) is 5.75 Å². The Morgan fingerprint density at radius 2 is 1.11 bits per heavy atom. The highest BCUT2D eigenvalue weighted by molar-refractivity contribution is 5.70. The number of benzene rings is 2. The molecule has 0 aromatic heterocycles. The quantitative estimate of drug-likeness (QED) is 0.868. The summed E-state index contributed by atoms with van der Waals surface area (Å²) in [7, 11) is 1.70. The summed E-state index contributed by atoms with van der Waals surface area (Å²) in [4.78, 5) is 0. The van der Waals surface area contributed by atoms with Gasteiger partial charge in [0, 0.05) is 0 Å². The maximum absolute atomic E-state index is 9.85. The average Bonchev–Trinajstić information content (AvgIpc) is 2.35. The molecule has 0 aliphatic heterocycles. The van der Waals surface area contributed by atoms with Gasteiger partial charge in [-0.15, -0.1) is 0 Å². The smallest absolute Gasteiger partial charge is 0.124 e. The van der Waals surface area contributed by atoms with E-state index in [1.165, 1.54) is 0 Å². The molecule has 100 valence electrons. The fourth-order valence-corrected chi connectivity index (χ4v) is 2.56. The molecule has 2 nitrogen and oxygen atoms in total. The minimum atomic E-state index is 0.380. The van der Waals surface area contributed by atoms with Gasteiger partial charge in [-0.1, -0.05) is 0 Å². The molecule has 0 spiro atoms. The van der Waals surface area contributed by atoms with Gasteiger partial charge < -0.3 is 9.84 Å². The van der Waals surface area contributed by atoms with Gasteiger partial charge in [-0.3, -0.25) is 0 Å². The Bertz CT molecular complexity index is 581. The summed E-state index contributed by atoms with van der Waals surface area (Å²) in [5.74, 6) is 1.32. The Hall–Kier alpha value is -1.96. The molecule has 0 atom stereocenters. The van der Waals surface area contributed by atoms with Crippen LogP contribution in [0.15, 0.2) is 24.3 Å². The summed E-state index contributed by atoms with van der Waals surface area (Å²) in [6.07, 6.45) is 0. The van der Waals surface area contributed by atoms with Crippen LogP contribution in [0.2, 0.25) is 0 Å². The first-order valence-electron chi connectivity index (χ1n) is 6.40. The molecule has 2 aromatic rings. The van der Waals surface area contributed by atoms with Crippen LogP contribution in [-0.2, 0) is 0 Å². The Morgan fingerprint density at radius 1 is 0.737 bits per heavy atom. The fourth-order valence-electron chi connectivity index (χ4n) is 2.56. The monoisotopic (exact) mass is 256 g/mol. The first-order valence-corrected chi connectivity index (χ1v) is 6.40. The number of phenolic OH excluding ortho intramolecular Hbond substituents is 1. The van der Waals surface area contributed by atoms with Crippen LogP contribution in [0.3, 0.4) is 0 Å². The van der Waals surface area contributed by atoms with Crippen molar-refractivity contribution in [3.05, 3.63) is 46.5 Å². The van der Waals surface area contributed by atoms with Crippen molar-refractivity contribution in [2.45, 2.75) is 27.7 Å². The van der Waals surface area contributed by atoms with Crippen molar-refractivity contribution < 1.29 is 9.84 Å². The van der Waals surface area contributed by atoms with Crippen molar-refractivity contribution >= 4 is 0 Å². The topological polar surface area (TPSA) is 29.5 Å². The van der Waals surface area contributed by atoms with E-state index in [1.807, 2.05) is 26.0 Å². The number of rotatable bonds is 2. The zero-order valence-electron chi connectivity index (χ0n) is 12.2. The van der Waals surface area contributed by atoms with E-state index in [0.717, 1.165) is 39.1 Å². The number of ether oxygens (including phenoxy) is 1. The highest BCUT2D eigenvalue weighted by Gasteiger charge is 2.09. The van der Waals surface area contributed by atoms with Crippen molar-refractivity contribution in [1.29, 1.82) is 0 Å².